The molecule has 0 aromatic rings. The average molecular weight is 234 g/mol. The van der Waals surface area contributed by atoms with Crippen molar-refractivity contribution >= 4 is 5.97 Å². The van der Waals surface area contributed by atoms with Gasteiger partial charge in [0.25, 0.3) is 0 Å². The lowest BCUT2D eigenvalue weighted by Crippen LogP contribution is -2.60. The van der Waals surface area contributed by atoms with Gasteiger partial charge in [0.2, 0.25) is 0 Å². The molecule has 17 heavy (non-hydrogen) atoms. The molecule has 0 radical (unpaired) electrons. The second kappa shape index (κ2) is 3.37. The summed E-state index contributed by atoms with van der Waals surface area (Å²) in [6.45, 7) is 8.16. The summed E-state index contributed by atoms with van der Waals surface area (Å²) in [5.74, 6) is 1.50. The smallest absolute Gasteiger partial charge is 0.330 e. The maximum absolute atomic E-state index is 11.5. The Morgan fingerprint density at radius 3 is 2.06 bits per heavy atom. The monoisotopic (exact) mass is 234 g/mol. The molecule has 0 amide bonds. The third kappa shape index (κ3) is 1.56. The van der Waals surface area contributed by atoms with E-state index in [9.17, 15) is 4.79 Å². The first-order valence-corrected chi connectivity index (χ1v) is 6.78. The molecular formula is C15H22O2. The van der Waals surface area contributed by atoms with Crippen LogP contribution in [0.4, 0.5) is 0 Å². The summed E-state index contributed by atoms with van der Waals surface area (Å²) in [5.41, 5.74) is 0.439. The van der Waals surface area contributed by atoms with E-state index in [-0.39, 0.29) is 22.9 Å². The maximum Gasteiger partial charge on any atom is 0.330 e. The predicted molar refractivity (Wildman–Crippen MR) is 66.4 cm³/mol. The first kappa shape index (κ1) is 11.3. The molecule has 0 heterocycles. The second-order valence-electron chi connectivity index (χ2n) is 7.11. The number of esters is 1. The molecular weight excluding hydrogens is 212 g/mol. The van der Waals surface area contributed by atoms with Crippen molar-refractivity contribution < 1.29 is 9.53 Å². The van der Waals surface area contributed by atoms with Crippen molar-refractivity contribution in [3.63, 3.8) is 0 Å². The molecule has 0 aromatic carbocycles. The standard InChI is InChI=1S/C15H22O2/c1-4-12(16)17-13-14(2)6-10-5-11(7-14)9-15(13,3)8-10/h4,10-11,13H,1,5-9H2,2-3H3. The Balaban J connectivity index is 1.91. The van der Waals surface area contributed by atoms with Gasteiger partial charge in [-0.15, -0.1) is 0 Å². The highest BCUT2D eigenvalue weighted by atomic mass is 16.5. The zero-order valence-corrected chi connectivity index (χ0v) is 10.9. The molecule has 2 heteroatoms. The molecule has 0 saturated heterocycles. The van der Waals surface area contributed by atoms with Gasteiger partial charge in [-0.3, -0.25) is 0 Å². The highest BCUT2D eigenvalue weighted by molar-refractivity contribution is 5.81. The zero-order chi connectivity index (χ0) is 12.3. The molecule has 0 unspecified atom stereocenters. The Bertz CT molecular complexity index is 335. The molecule has 4 bridgehead atoms. The fourth-order valence-corrected chi connectivity index (χ4v) is 5.47. The fourth-order valence-electron chi connectivity index (χ4n) is 5.47. The maximum atomic E-state index is 11.5. The second-order valence-corrected chi connectivity index (χ2v) is 7.11. The molecule has 0 aromatic heterocycles. The number of hydrogen-bond donors (Lipinski definition) is 0. The van der Waals surface area contributed by atoms with Crippen molar-refractivity contribution in [2.45, 2.75) is 52.1 Å². The van der Waals surface area contributed by atoms with Crippen LogP contribution in [0.1, 0.15) is 46.0 Å². The molecule has 4 saturated carbocycles. The van der Waals surface area contributed by atoms with Gasteiger partial charge in [0, 0.05) is 16.9 Å². The third-order valence-electron chi connectivity index (χ3n) is 5.35. The van der Waals surface area contributed by atoms with E-state index in [1.165, 1.54) is 38.2 Å². The minimum atomic E-state index is -0.245. The third-order valence-corrected chi connectivity index (χ3v) is 5.35. The molecule has 2 nitrogen and oxygen atoms in total. The van der Waals surface area contributed by atoms with Crippen molar-refractivity contribution in [3.8, 4) is 0 Å². The molecule has 4 aliphatic rings. The molecule has 4 fully saturated rings. The Labute approximate surface area is 103 Å². The van der Waals surface area contributed by atoms with Gasteiger partial charge in [-0.05, 0) is 43.9 Å². The molecule has 0 spiro atoms. The topological polar surface area (TPSA) is 26.3 Å². The minimum absolute atomic E-state index is 0.105. The van der Waals surface area contributed by atoms with Crippen LogP contribution < -0.4 is 0 Å². The summed E-state index contributed by atoms with van der Waals surface area (Å²) in [6.07, 6.45) is 7.80. The van der Waals surface area contributed by atoms with Gasteiger partial charge in [-0.1, -0.05) is 20.4 Å². The highest BCUT2D eigenvalue weighted by Gasteiger charge is 2.61. The summed E-state index contributed by atoms with van der Waals surface area (Å²) in [7, 11) is 0. The molecule has 4 rings (SSSR count). The summed E-state index contributed by atoms with van der Waals surface area (Å²) in [4.78, 5) is 11.5. The van der Waals surface area contributed by atoms with Crippen LogP contribution in [0.2, 0.25) is 0 Å². The number of hydrogen-bond acceptors (Lipinski definition) is 2. The van der Waals surface area contributed by atoms with Crippen molar-refractivity contribution in [1.29, 1.82) is 0 Å². The Morgan fingerprint density at radius 1 is 1.18 bits per heavy atom. The summed E-state index contributed by atoms with van der Waals surface area (Å²) < 4.78 is 5.73. The average Bonchev–Trinajstić information content (AvgIpc) is 2.21. The summed E-state index contributed by atoms with van der Waals surface area (Å²) in [5, 5.41) is 0. The van der Waals surface area contributed by atoms with Crippen molar-refractivity contribution in [1.82, 2.24) is 0 Å². The van der Waals surface area contributed by atoms with E-state index in [1.807, 2.05) is 0 Å². The van der Waals surface area contributed by atoms with Crippen LogP contribution in [-0.4, -0.2) is 12.1 Å². The van der Waals surface area contributed by atoms with E-state index in [4.69, 9.17) is 4.74 Å². The lowest BCUT2D eigenvalue weighted by molar-refractivity contribution is -0.212. The molecule has 4 aliphatic carbocycles. The van der Waals surface area contributed by atoms with Gasteiger partial charge in [-0.25, -0.2) is 4.79 Å². The van der Waals surface area contributed by atoms with Crippen LogP contribution in [-0.2, 0) is 9.53 Å². The Kier molecular flexibility index (Phi) is 2.24. The molecule has 0 atom stereocenters. The number of carbonyl (C=O) groups excluding carboxylic acids is 1. The number of ether oxygens (including phenoxy) is 1. The van der Waals surface area contributed by atoms with E-state index in [1.54, 1.807) is 0 Å². The van der Waals surface area contributed by atoms with Gasteiger partial charge in [0.1, 0.15) is 6.10 Å². The zero-order valence-electron chi connectivity index (χ0n) is 10.9. The van der Waals surface area contributed by atoms with Crippen molar-refractivity contribution in [3.05, 3.63) is 12.7 Å². The lowest BCUT2D eigenvalue weighted by Gasteiger charge is -2.63. The Morgan fingerprint density at radius 2 is 1.65 bits per heavy atom. The first-order valence-electron chi connectivity index (χ1n) is 6.78. The van der Waals surface area contributed by atoms with E-state index in [2.05, 4.69) is 20.4 Å². The number of rotatable bonds is 2. The van der Waals surface area contributed by atoms with Gasteiger partial charge in [-0.2, -0.15) is 0 Å². The van der Waals surface area contributed by atoms with Crippen molar-refractivity contribution in [2.75, 3.05) is 0 Å². The molecule has 0 aliphatic heterocycles. The SMILES string of the molecule is C=CC(=O)OC1C2(C)CC3CC(C2)CC1(C)C3. The van der Waals surface area contributed by atoms with E-state index >= 15 is 0 Å². The molecule has 0 N–H and O–H groups in total. The van der Waals surface area contributed by atoms with Crippen LogP contribution in [0.25, 0.3) is 0 Å². The Hall–Kier alpha value is -0.790. The van der Waals surface area contributed by atoms with Gasteiger partial charge in [0.15, 0.2) is 0 Å². The van der Waals surface area contributed by atoms with Crippen LogP contribution in [0.5, 0.6) is 0 Å². The van der Waals surface area contributed by atoms with Gasteiger partial charge >= 0.3 is 5.97 Å². The molecule has 94 valence electrons. The lowest BCUT2D eigenvalue weighted by atomic mass is 9.43. The predicted octanol–water partition coefficient (Wildman–Crippen LogP) is 3.32. The normalized spacial score (nSPS) is 51.3. The summed E-state index contributed by atoms with van der Waals surface area (Å²) >= 11 is 0. The quantitative estimate of drug-likeness (QED) is 0.541. The van der Waals surface area contributed by atoms with E-state index < -0.39 is 0 Å². The van der Waals surface area contributed by atoms with Gasteiger partial charge < -0.3 is 4.74 Å². The van der Waals surface area contributed by atoms with Crippen molar-refractivity contribution in [2.24, 2.45) is 22.7 Å². The fraction of sp³-hybridized carbons (Fsp3) is 0.800. The van der Waals surface area contributed by atoms with E-state index in [0.717, 1.165) is 11.8 Å². The largest absolute Gasteiger partial charge is 0.458 e. The van der Waals surface area contributed by atoms with Crippen LogP contribution in [0.3, 0.4) is 0 Å². The van der Waals surface area contributed by atoms with E-state index in [0.29, 0.717) is 0 Å². The summed E-state index contributed by atoms with van der Waals surface area (Å²) in [6, 6.07) is 0. The first-order chi connectivity index (χ1) is 7.95. The highest BCUT2D eigenvalue weighted by Crippen LogP contribution is 2.65. The van der Waals surface area contributed by atoms with Crippen LogP contribution in [0, 0.1) is 22.7 Å². The number of carbonyl (C=O) groups is 1. The van der Waals surface area contributed by atoms with Gasteiger partial charge in [0.05, 0.1) is 0 Å². The minimum Gasteiger partial charge on any atom is -0.458 e. The van der Waals surface area contributed by atoms with Crippen LogP contribution >= 0.6 is 0 Å². The van der Waals surface area contributed by atoms with Crippen LogP contribution in [0.15, 0.2) is 12.7 Å².